The highest BCUT2D eigenvalue weighted by atomic mass is 19.1. The van der Waals surface area contributed by atoms with Gasteiger partial charge in [-0.05, 0) is 32.0 Å². The molecule has 1 atom stereocenters. The van der Waals surface area contributed by atoms with Crippen molar-refractivity contribution in [1.29, 1.82) is 0 Å². The number of hydrogen-bond donors (Lipinski definition) is 1. The van der Waals surface area contributed by atoms with Crippen LogP contribution >= 0.6 is 0 Å². The van der Waals surface area contributed by atoms with Gasteiger partial charge in [-0.1, -0.05) is 5.92 Å². The molecule has 0 amide bonds. The Kier molecular flexibility index (Phi) is 4.14. The molecular formula is C12H13FO2. The summed E-state index contributed by atoms with van der Waals surface area (Å²) in [5.74, 6) is 5.49. The number of ether oxygens (including phenoxy) is 1. The molecule has 0 aromatic heterocycles. The van der Waals surface area contributed by atoms with E-state index in [1.54, 1.807) is 13.8 Å². The molecule has 0 radical (unpaired) electrons. The Morgan fingerprint density at radius 1 is 1.53 bits per heavy atom. The summed E-state index contributed by atoms with van der Waals surface area (Å²) in [4.78, 5) is 0. The number of rotatable bonds is 3. The summed E-state index contributed by atoms with van der Waals surface area (Å²) in [5, 5.41) is 9.40. The molecule has 0 spiro atoms. The van der Waals surface area contributed by atoms with Crippen LogP contribution in [0.15, 0.2) is 18.2 Å². The van der Waals surface area contributed by atoms with Crippen molar-refractivity contribution in [2.45, 2.75) is 20.0 Å². The normalized spacial score (nSPS) is 11.5. The fourth-order valence-electron chi connectivity index (χ4n) is 1.16. The lowest BCUT2D eigenvalue weighted by Crippen LogP contribution is -2.01. The molecule has 0 aliphatic heterocycles. The Bertz CT molecular complexity index is 388. The van der Waals surface area contributed by atoms with E-state index >= 15 is 0 Å². The highest BCUT2D eigenvalue weighted by Crippen LogP contribution is 2.25. The summed E-state index contributed by atoms with van der Waals surface area (Å²) in [7, 11) is 0. The van der Waals surface area contributed by atoms with Gasteiger partial charge in [0.05, 0.1) is 6.10 Å². The first-order valence-corrected chi connectivity index (χ1v) is 4.65. The number of hydrogen-bond acceptors (Lipinski definition) is 2. The third-order valence-electron chi connectivity index (χ3n) is 1.90. The largest absolute Gasteiger partial charge is 0.481 e. The highest BCUT2D eigenvalue weighted by molar-refractivity contribution is 5.35. The topological polar surface area (TPSA) is 29.5 Å². The summed E-state index contributed by atoms with van der Waals surface area (Å²) < 4.78 is 18.2. The van der Waals surface area contributed by atoms with Gasteiger partial charge in [0.2, 0.25) is 0 Å². The fourth-order valence-corrected chi connectivity index (χ4v) is 1.16. The van der Waals surface area contributed by atoms with Crippen LogP contribution in [0.5, 0.6) is 5.75 Å². The van der Waals surface area contributed by atoms with Crippen molar-refractivity contribution < 1.29 is 14.2 Å². The van der Waals surface area contributed by atoms with Gasteiger partial charge < -0.3 is 9.84 Å². The molecule has 3 heteroatoms. The molecule has 80 valence electrons. The van der Waals surface area contributed by atoms with E-state index < -0.39 is 6.10 Å². The van der Waals surface area contributed by atoms with Crippen molar-refractivity contribution in [3.05, 3.63) is 29.6 Å². The number of benzene rings is 1. The molecule has 0 heterocycles. The first-order valence-electron chi connectivity index (χ1n) is 4.65. The molecular weight excluding hydrogens is 195 g/mol. The van der Waals surface area contributed by atoms with Gasteiger partial charge in [0.25, 0.3) is 0 Å². The van der Waals surface area contributed by atoms with Crippen molar-refractivity contribution in [2.75, 3.05) is 6.61 Å². The Morgan fingerprint density at radius 3 is 2.87 bits per heavy atom. The molecule has 0 bridgehead atoms. The summed E-state index contributed by atoms with van der Waals surface area (Å²) in [6.45, 7) is 3.51. The monoisotopic (exact) mass is 208 g/mol. The third kappa shape index (κ3) is 3.26. The average molecular weight is 208 g/mol. The number of halogens is 1. The SMILES string of the molecule is CC#CCOc1ccc(F)cc1C(C)O. The van der Waals surface area contributed by atoms with Crippen molar-refractivity contribution in [1.82, 2.24) is 0 Å². The summed E-state index contributed by atoms with van der Waals surface area (Å²) in [5.41, 5.74) is 0.438. The third-order valence-corrected chi connectivity index (χ3v) is 1.90. The molecule has 1 rings (SSSR count). The number of aliphatic hydroxyl groups is 1. The van der Waals surface area contributed by atoms with Crippen LogP contribution in [0.2, 0.25) is 0 Å². The Morgan fingerprint density at radius 2 is 2.27 bits per heavy atom. The quantitative estimate of drug-likeness (QED) is 0.772. The molecule has 2 nitrogen and oxygen atoms in total. The van der Waals surface area contributed by atoms with Gasteiger partial charge in [-0.25, -0.2) is 4.39 Å². The van der Waals surface area contributed by atoms with Crippen LogP contribution in [0.1, 0.15) is 25.5 Å². The zero-order valence-corrected chi connectivity index (χ0v) is 8.75. The van der Waals surface area contributed by atoms with Crippen molar-refractivity contribution in [3.8, 4) is 17.6 Å². The first-order chi connectivity index (χ1) is 7.15. The van der Waals surface area contributed by atoms with Crippen molar-refractivity contribution in [2.24, 2.45) is 0 Å². The standard InChI is InChI=1S/C12H13FO2/c1-3-4-7-15-12-6-5-10(13)8-11(12)9(2)14/h5-6,8-9,14H,7H2,1-2H3. The first kappa shape index (κ1) is 11.5. The summed E-state index contributed by atoms with van der Waals surface area (Å²) >= 11 is 0. The highest BCUT2D eigenvalue weighted by Gasteiger charge is 2.09. The van der Waals surface area contributed by atoms with Crippen molar-refractivity contribution >= 4 is 0 Å². The van der Waals surface area contributed by atoms with Gasteiger partial charge in [0.1, 0.15) is 18.2 Å². The Labute approximate surface area is 88.7 Å². The molecule has 0 aliphatic rings. The van der Waals surface area contributed by atoms with Crippen molar-refractivity contribution in [3.63, 3.8) is 0 Å². The predicted molar refractivity (Wildman–Crippen MR) is 56.0 cm³/mol. The molecule has 0 saturated heterocycles. The van der Waals surface area contributed by atoms with Crippen LogP contribution in [0.3, 0.4) is 0 Å². The van der Waals surface area contributed by atoms with Gasteiger partial charge in [-0.2, -0.15) is 0 Å². The van der Waals surface area contributed by atoms with Crippen LogP contribution in [-0.4, -0.2) is 11.7 Å². The minimum atomic E-state index is -0.759. The molecule has 1 unspecified atom stereocenters. The molecule has 15 heavy (non-hydrogen) atoms. The number of aliphatic hydroxyl groups excluding tert-OH is 1. The maximum absolute atomic E-state index is 12.9. The van der Waals surface area contributed by atoms with Gasteiger partial charge in [0.15, 0.2) is 0 Å². The molecule has 1 aromatic carbocycles. The van der Waals surface area contributed by atoms with E-state index in [0.29, 0.717) is 11.3 Å². The maximum atomic E-state index is 12.9. The van der Waals surface area contributed by atoms with Gasteiger partial charge in [-0.3, -0.25) is 0 Å². The lowest BCUT2D eigenvalue weighted by molar-refractivity contribution is 0.192. The summed E-state index contributed by atoms with van der Waals surface area (Å²) in [6.07, 6.45) is -0.759. The minimum absolute atomic E-state index is 0.238. The predicted octanol–water partition coefficient (Wildman–Crippen LogP) is 2.28. The maximum Gasteiger partial charge on any atom is 0.149 e. The van der Waals surface area contributed by atoms with E-state index in [9.17, 15) is 9.50 Å². The average Bonchev–Trinajstić information content (AvgIpc) is 2.20. The summed E-state index contributed by atoms with van der Waals surface area (Å²) in [6, 6.07) is 4.05. The molecule has 0 fully saturated rings. The second kappa shape index (κ2) is 5.38. The van der Waals surface area contributed by atoms with Crippen LogP contribution in [0, 0.1) is 17.7 Å². The van der Waals surface area contributed by atoms with Gasteiger partial charge in [-0.15, -0.1) is 5.92 Å². The second-order valence-electron chi connectivity index (χ2n) is 3.07. The fraction of sp³-hybridized carbons (Fsp3) is 0.333. The van der Waals surface area contributed by atoms with Crippen LogP contribution in [-0.2, 0) is 0 Å². The molecule has 1 aromatic rings. The zero-order valence-electron chi connectivity index (χ0n) is 8.75. The van der Waals surface area contributed by atoms with E-state index in [2.05, 4.69) is 11.8 Å². The second-order valence-corrected chi connectivity index (χ2v) is 3.07. The van der Waals surface area contributed by atoms with E-state index in [4.69, 9.17) is 4.74 Å². The lowest BCUT2D eigenvalue weighted by atomic mass is 10.1. The van der Waals surface area contributed by atoms with E-state index in [1.165, 1.54) is 18.2 Å². The molecule has 0 aliphatic carbocycles. The Hall–Kier alpha value is -1.53. The van der Waals surface area contributed by atoms with Gasteiger partial charge in [0, 0.05) is 5.56 Å². The Balaban J connectivity index is 2.89. The van der Waals surface area contributed by atoms with Gasteiger partial charge >= 0.3 is 0 Å². The minimum Gasteiger partial charge on any atom is -0.481 e. The van der Waals surface area contributed by atoms with E-state index in [0.717, 1.165) is 0 Å². The molecule has 1 N–H and O–H groups in total. The molecule has 0 saturated carbocycles. The van der Waals surface area contributed by atoms with Crippen LogP contribution in [0.25, 0.3) is 0 Å². The van der Waals surface area contributed by atoms with E-state index in [1.807, 2.05) is 0 Å². The smallest absolute Gasteiger partial charge is 0.149 e. The van der Waals surface area contributed by atoms with Crippen LogP contribution < -0.4 is 4.74 Å². The zero-order chi connectivity index (χ0) is 11.3. The van der Waals surface area contributed by atoms with Crippen LogP contribution in [0.4, 0.5) is 4.39 Å². The lowest BCUT2D eigenvalue weighted by Gasteiger charge is -2.11. The van der Waals surface area contributed by atoms with E-state index in [-0.39, 0.29) is 12.4 Å².